The first-order chi connectivity index (χ1) is 2.27. The second-order valence-electron chi connectivity index (χ2n) is 1.30. The fraction of sp³-hybridized carbons (Fsp3) is 0.750. The molecule has 2 heteroatoms. The molecular weight excluding hydrogens is 97.5 g/mol. The monoisotopic (exact) mass is 108 g/mol. The van der Waals surface area contributed by atoms with Crippen LogP contribution in [0.5, 0.6) is 0 Å². The first-order valence-corrected chi connectivity index (χ1v) is 1.71. The quantitative estimate of drug-likeness (QED) is 0.481. The van der Waals surface area contributed by atoms with Gasteiger partial charge in [0.2, 0.25) is 0 Å². The van der Waals surface area contributed by atoms with Gasteiger partial charge in [0.25, 0.3) is 0 Å². The molecule has 0 rings (SSSR count). The third-order valence-corrected chi connectivity index (χ3v) is 0.447. The smallest absolute Gasteiger partial charge is 0.00244 e. The number of halogens is 1. The molecule has 39 valence electrons. The van der Waals surface area contributed by atoms with Crippen molar-refractivity contribution in [3.8, 4) is 0 Å². The second-order valence-corrected chi connectivity index (χ2v) is 1.30. The van der Waals surface area contributed by atoms with Gasteiger partial charge in [0.05, 0.1) is 0 Å². The lowest BCUT2D eigenvalue weighted by Crippen LogP contribution is -2.08. The lowest BCUT2D eigenvalue weighted by Gasteiger charge is -1.99. The highest BCUT2D eigenvalue weighted by Crippen LogP contribution is 1.63. The zero-order valence-corrected chi connectivity index (χ0v) is 5.09. The molecule has 0 heterocycles. The molecule has 0 bridgehead atoms. The van der Waals surface area contributed by atoms with E-state index in [0.717, 1.165) is 6.54 Å². The Morgan fingerprint density at radius 3 is 1.67 bits per heavy atom. The summed E-state index contributed by atoms with van der Waals surface area (Å²) in [4.78, 5) is 2.01. The third kappa shape index (κ3) is 8.87. The zero-order valence-electron chi connectivity index (χ0n) is 4.27. The maximum Gasteiger partial charge on any atom is -0.00244 e. The van der Waals surface area contributed by atoms with E-state index in [-0.39, 0.29) is 12.4 Å². The Morgan fingerprint density at radius 2 is 1.67 bits per heavy atom. The predicted molar refractivity (Wildman–Crippen MR) is 31.2 cm³/mol. The average Bonchev–Trinajstić information content (AvgIpc) is 1.38. The van der Waals surface area contributed by atoms with Crippen LogP contribution in [0.1, 0.15) is 0 Å². The van der Waals surface area contributed by atoms with Crippen LogP contribution in [0.25, 0.3) is 0 Å². The van der Waals surface area contributed by atoms with Gasteiger partial charge in [0.1, 0.15) is 0 Å². The summed E-state index contributed by atoms with van der Waals surface area (Å²) in [6.45, 7) is 4.50. The predicted octanol–water partition coefficient (Wildman–Crippen LogP) is 0.804. The molecular formula is C4H11ClN. The van der Waals surface area contributed by atoms with Crippen molar-refractivity contribution in [2.45, 2.75) is 0 Å². The molecule has 1 nitrogen and oxygen atoms in total. The number of rotatable bonds is 1. The summed E-state index contributed by atoms with van der Waals surface area (Å²) >= 11 is 0. The molecule has 0 unspecified atom stereocenters. The molecule has 1 radical (unpaired) electrons. The Balaban J connectivity index is 0. The highest BCUT2D eigenvalue weighted by molar-refractivity contribution is 5.85. The van der Waals surface area contributed by atoms with Crippen LogP contribution in [-0.4, -0.2) is 25.5 Å². The molecule has 0 spiro atoms. The van der Waals surface area contributed by atoms with Gasteiger partial charge in [-0.05, 0) is 27.6 Å². The van der Waals surface area contributed by atoms with Gasteiger partial charge in [0.15, 0.2) is 0 Å². The van der Waals surface area contributed by atoms with Crippen LogP contribution in [0.15, 0.2) is 0 Å². The van der Waals surface area contributed by atoms with Crippen LogP contribution in [0.4, 0.5) is 0 Å². The molecule has 0 saturated heterocycles. The minimum absolute atomic E-state index is 0. The molecule has 0 aromatic rings. The van der Waals surface area contributed by atoms with Crippen molar-refractivity contribution in [3.63, 3.8) is 0 Å². The van der Waals surface area contributed by atoms with Gasteiger partial charge in [-0.1, -0.05) is 0 Å². The van der Waals surface area contributed by atoms with E-state index in [9.17, 15) is 0 Å². The first kappa shape index (κ1) is 9.54. The summed E-state index contributed by atoms with van der Waals surface area (Å²) in [7, 11) is 3.99. The van der Waals surface area contributed by atoms with Gasteiger partial charge in [0, 0.05) is 0 Å². The average molecular weight is 109 g/mol. The minimum Gasteiger partial charge on any atom is -0.309 e. The Morgan fingerprint density at radius 1 is 1.50 bits per heavy atom. The molecule has 0 saturated carbocycles. The number of nitrogens with zero attached hydrogens (tertiary/aromatic N) is 1. The van der Waals surface area contributed by atoms with Crippen molar-refractivity contribution < 1.29 is 0 Å². The molecule has 0 N–H and O–H groups in total. The summed E-state index contributed by atoms with van der Waals surface area (Å²) in [5, 5.41) is 0. The summed E-state index contributed by atoms with van der Waals surface area (Å²) in [5.74, 6) is 0. The SMILES string of the molecule is Cl.[CH2]CN(C)C. The Hall–Kier alpha value is 0.250. The van der Waals surface area contributed by atoms with Crippen LogP contribution in [0.2, 0.25) is 0 Å². The molecule has 0 aromatic carbocycles. The van der Waals surface area contributed by atoms with E-state index >= 15 is 0 Å². The highest BCUT2D eigenvalue weighted by atomic mass is 35.5. The summed E-state index contributed by atoms with van der Waals surface area (Å²) in [6.07, 6.45) is 0. The maximum atomic E-state index is 3.61. The van der Waals surface area contributed by atoms with Gasteiger partial charge in [-0.2, -0.15) is 0 Å². The molecule has 0 aliphatic heterocycles. The number of hydrogen-bond acceptors (Lipinski definition) is 1. The molecule has 0 aliphatic carbocycles. The number of hydrogen-bond donors (Lipinski definition) is 0. The molecule has 0 fully saturated rings. The Labute approximate surface area is 45.7 Å². The molecule has 0 aliphatic rings. The highest BCUT2D eigenvalue weighted by Gasteiger charge is 1.72. The van der Waals surface area contributed by atoms with Crippen molar-refractivity contribution in [3.05, 3.63) is 6.92 Å². The van der Waals surface area contributed by atoms with E-state index < -0.39 is 0 Å². The largest absolute Gasteiger partial charge is 0.309 e. The van der Waals surface area contributed by atoms with E-state index in [0.29, 0.717) is 0 Å². The molecule has 0 amide bonds. The summed E-state index contributed by atoms with van der Waals surface area (Å²) in [6, 6.07) is 0. The van der Waals surface area contributed by atoms with Crippen LogP contribution in [0.3, 0.4) is 0 Å². The van der Waals surface area contributed by atoms with E-state index in [1.54, 1.807) is 0 Å². The van der Waals surface area contributed by atoms with Crippen LogP contribution in [-0.2, 0) is 0 Å². The molecule has 0 aromatic heterocycles. The summed E-state index contributed by atoms with van der Waals surface area (Å²) in [5.41, 5.74) is 0. The normalized spacial score (nSPS) is 8.00. The minimum atomic E-state index is 0. The summed E-state index contributed by atoms with van der Waals surface area (Å²) < 4.78 is 0. The maximum absolute atomic E-state index is 3.61. The van der Waals surface area contributed by atoms with E-state index in [1.807, 2.05) is 19.0 Å². The van der Waals surface area contributed by atoms with Crippen molar-refractivity contribution in [2.24, 2.45) is 0 Å². The Bertz CT molecular complexity index is 21.5. The third-order valence-electron chi connectivity index (χ3n) is 0.447. The van der Waals surface area contributed by atoms with Crippen molar-refractivity contribution in [1.29, 1.82) is 0 Å². The lowest BCUT2D eigenvalue weighted by atomic mass is 10.7. The van der Waals surface area contributed by atoms with Crippen molar-refractivity contribution >= 4 is 12.4 Å². The van der Waals surface area contributed by atoms with E-state index in [2.05, 4.69) is 6.92 Å². The van der Waals surface area contributed by atoms with Gasteiger partial charge in [-0.15, -0.1) is 12.4 Å². The fourth-order valence-corrected chi connectivity index (χ4v) is 0. The standard InChI is InChI=1S/C4H10N.ClH/c1-4-5(2)3;/h1,4H2,2-3H3;1H. The molecule has 6 heavy (non-hydrogen) atoms. The fourth-order valence-electron chi connectivity index (χ4n) is 0. The zero-order chi connectivity index (χ0) is 4.28. The van der Waals surface area contributed by atoms with Crippen LogP contribution < -0.4 is 0 Å². The van der Waals surface area contributed by atoms with Gasteiger partial charge in [-0.3, -0.25) is 0 Å². The van der Waals surface area contributed by atoms with Crippen molar-refractivity contribution in [1.82, 2.24) is 4.90 Å². The Kier molecular flexibility index (Phi) is 8.35. The molecule has 0 atom stereocenters. The lowest BCUT2D eigenvalue weighted by molar-refractivity contribution is 0.455. The first-order valence-electron chi connectivity index (χ1n) is 1.71. The van der Waals surface area contributed by atoms with Crippen LogP contribution >= 0.6 is 12.4 Å². The van der Waals surface area contributed by atoms with Crippen molar-refractivity contribution in [2.75, 3.05) is 20.6 Å². The van der Waals surface area contributed by atoms with E-state index in [4.69, 9.17) is 0 Å². The van der Waals surface area contributed by atoms with E-state index in [1.165, 1.54) is 0 Å². The van der Waals surface area contributed by atoms with Crippen LogP contribution in [0, 0.1) is 6.92 Å². The second kappa shape index (κ2) is 5.25. The van der Waals surface area contributed by atoms with Gasteiger partial charge in [-0.25, -0.2) is 0 Å². The topological polar surface area (TPSA) is 3.24 Å². The van der Waals surface area contributed by atoms with Gasteiger partial charge >= 0.3 is 0 Å². The van der Waals surface area contributed by atoms with Gasteiger partial charge < -0.3 is 4.90 Å².